The predicted octanol–water partition coefficient (Wildman–Crippen LogP) is 2.35. The highest BCUT2D eigenvalue weighted by Gasteiger charge is 2.03. The largest absolute Gasteiger partial charge is 0.374 e. The molecular formula is C10H11N3S. The van der Waals surface area contributed by atoms with Crippen LogP contribution >= 0.6 is 11.3 Å². The Bertz CT molecular complexity index is 436. The fourth-order valence-electron chi connectivity index (χ4n) is 1.28. The summed E-state index contributed by atoms with van der Waals surface area (Å²) in [7, 11) is 0. The molecule has 0 aliphatic heterocycles. The maximum atomic E-state index is 5.53. The fourth-order valence-corrected chi connectivity index (χ4v) is 1.88. The summed E-state index contributed by atoms with van der Waals surface area (Å²) >= 11 is 1.42. The molecule has 2 rings (SSSR count). The molecule has 2 N–H and O–H groups in total. The maximum Gasteiger partial charge on any atom is 0.203 e. The van der Waals surface area contributed by atoms with Crippen molar-refractivity contribution in [3.63, 3.8) is 0 Å². The monoisotopic (exact) mass is 205 g/mol. The lowest BCUT2D eigenvalue weighted by atomic mass is 10.1. The third-order valence-corrected chi connectivity index (χ3v) is 2.82. The molecule has 0 aliphatic carbocycles. The van der Waals surface area contributed by atoms with Crippen LogP contribution in [0.25, 0.3) is 10.6 Å². The summed E-state index contributed by atoms with van der Waals surface area (Å²) in [6, 6.07) is 8.29. The minimum Gasteiger partial charge on any atom is -0.374 e. The molecule has 0 saturated carbocycles. The van der Waals surface area contributed by atoms with Crippen LogP contribution in [0, 0.1) is 0 Å². The van der Waals surface area contributed by atoms with Crippen LogP contribution in [0.1, 0.15) is 12.5 Å². The first-order valence-corrected chi connectivity index (χ1v) is 5.29. The smallest absolute Gasteiger partial charge is 0.203 e. The zero-order valence-corrected chi connectivity index (χ0v) is 8.71. The number of anilines is 1. The topological polar surface area (TPSA) is 51.8 Å². The normalized spacial score (nSPS) is 10.4. The molecule has 0 unspecified atom stereocenters. The molecule has 0 atom stereocenters. The Kier molecular flexibility index (Phi) is 2.45. The van der Waals surface area contributed by atoms with Crippen LogP contribution in [0.2, 0.25) is 0 Å². The van der Waals surface area contributed by atoms with Gasteiger partial charge in [0.1, 0.15) is 5.01 Å². The van der Waals surface area contributed by atoms with Gasteiger partial charge in [0, 0.05) is 5.56 Å². The number of nitrogens with two attached hydrogens (primary N) is 1. The summed E-state index contributed by atoms with van der Waals surface area (Å²) in [5, 5.41) is 9.20. The molecule has 2 aromatic rings. The molecule has 0 spiro atoms. The first kappa shape index (κ1) is 9.15. The summed E-state index contributed by atoms with van der Waals surface area (Å²) in [6.07, 6.45) is 1.03. The van der Waals surface area contributed by atoms with Gasteiger partial charge < -0.3 is 5.73 Å². The van der Waals surface area contributed by atoms with E-state index in [1.165, 1.54) is 16.9 Å². The molecule has 3 nitrogen and oxygen atoms in total. The van der Waals surface area contributed by atoms with Gasteiger partial charge in [-0.15, -0.1) is 10.2 Å². The Balaban J connectivity index is 2.41. The van der Waals surface area contributed by atoms with Crippen molar-refractivity contribution in [1.29, 1.82) is 0 Å². The number of hydrogen-bond donors (Lipinski definition) is 1. The van der Waals surface area contributed by atoms with E-state index in [1.807, 2.05) is 12.1 Å². The average molecular weight is 205 g/mol. The minimum atomic E-state index is 0.516. The van der Waals surface area contributed by atoms with Crippen LogP contribution < -0.4 is 5.73 Å². The number of aryl methyl sites for hydroxylation is 1. The summed E-state index contributed by atoms with van der Waals surface area (Å²) < 4.78 is 0. The second-order valence-corrected chi connectivity index (χ2v) is 4.01. The Morgan fingerprint density at radius 1 is 1.36 bits per heavy atom. The molecule has 1 aromatic heterocycles. The maximum absolute atomic E-state index is 5.53. The molecule has 0 bridgehead atoms. The van der Waals surface area contributed by atoms with Crippen LogP contribution in [0.4, 0.5) is 5.13 Å². The van der Waals surface area contributed by atoms with E-state index in [1.54, 1.807) is 0 Å². The number of benzene rings is 1. The van der Waals surface area contributed by atoms with Gasteiger partial charge in [0.05, 0.1) is 0 Å². The first-order chi connectivity index (χ1) is 6.79. The van der Waals surface area contributed by atoms with E-state index in [-0.39, 0.29) is 0 Å². The van der Waals surface area contributed by atoms with Crippen molar-refractivity contribution in [2.24, 2.45) is 0 Å². The van der Waals surface area contributed by atoms with Crippen molar-refractivity contribution < 1.29 is 0 Å². The van der Waals surface area contributed by atoms with Gasteiger partial charge in [-0.1, -0.05) is 36.5 Å². The lowest BCUT2D eigenvalue weighted by Gasteiger charge is -1.98. The molecule has 1 aromatic carbocycles. The number of nitrogen functional groups attached to an aromatic ring is 1. The second kappa shape index (κ2) is 3.75. The van der Waals surface area contributed by atoms with Crippen LogP contribution in [0.15, 0.2) is 24.3 Å². The molecule has 4 heteroatoms. The standard InChI is InChI=1S/C10H11N3S/c1-2-7-4-3-5-8(6-7)9-12-13-10(11)14-9/h3-6H,2H2,1H3,(H2,11,13). The quantitative estimate of drug-likeness (QED) is 0.818. The SMILES string of the molecule is CCc1cccc(-c2nnc(N)s2)c1. The number of nitrogens with zero attached hydrogens (tertiary/aromatic N) is 2. The Morgan fingerprint density at radius 2 is 2.21 bits per heavy atom. The van der Waals surface area contributed by atoms with E-state index in [4.69, 9.17) is 5.73 Å². The highest BCUT2D eigenvalue weighted by atomic mass is 32.1. The molecule has 0 fully saturated rings. The van der Waals surface area contributed by atoms with E-state index >= 15 is 0 Å². The highest BCUT2D eigenvalue weighted by Crippen LogP contribution is 2.25. The number of hydrogen-bond acceptors (Lipinski definition) is 4. The van der Waals surface area contributed by atoms with Gasteiger partial charge in [-0.3, -0.25) is 0 Å². The van der Waals surface area contributed by atoms with Gasteiger partial charge in [-0.05, 0) is 18.1 Å². The summed E-state index contributed by atoms with van der Waals surface area (Å²) in [4.78, 5) is 0. The number of rotatable bonds is 2. The summed E-state index contributed by atoms with van der Waals surface area (Å²) in [5.74, 6) is 0. The molecule has 0 saturated heterocycles. The second-order valence-electron chi connectivity index (χ2n) is 3.00. The van der Waals surface area contributed by atoms with E-state index in [0.717, 1.165) is 17.0 Å². The number of aromatic nitrogens is 2. The minimum absolute atomic E-state index is 0.516. The molecule has 0 radical (unpaired) electrons. The van der Waals surface area contributed by atoms with E-state index in [0.29, 0.717) is 5.13 Å². The Morgan fingerprint density at radius 3 is 2.86 bits per heavy atom. The van der Waals surface area contributed by atoms with Gasteiger partial charge >= 0.3 is 0 Å². The Labute approximate surface area is 86.6 Å². The predicted molar refractivity (Wildman–Crippen MR) is 59.1 cm³/mol. The highest BCUT2D eigenvalue weighted by molar-refractivity contribution is 7.18. The zero-order valence-electron chi connectivity index (χ0n) is 7.90. The van der Waals surface area contributed by atoms with Crippen molar-refractivity contribution in [3.05, 3.63) is 29.8 Å². The van der Waals surface area contributed by atoms with Crippen LogP contribution in [0.3, 0.4) is 0 Å². The molecule has 72 valence electrons. The first-order valence-electron chi connectivity index (χ1n) is 4.48. The van der Waals surface area contributed by atoms with Crippen molar-refractivity contribution in [2.45, 2.75) is 13.3 Å². The Hall–Kier alpha value is -1.42. The zero-order chi connectivity index (χ0) is 9.97. The van der Waals surface area contributed by atoms with Crippen molar-refractivity contribution in [3.8, 4) is 10.6 Å². The van der Waals surface area contributed by atoms with Gasteiger partial charge in [0.2, 0.25) is 5.13 Å². The van der Waals surface area contributed by atoms with Crippen LogP contribution in [0.5, 0.6) is 0 Å². The van der Waals surface area contributed by atoms with Crippen molar-refractivity contribution in [2.75, 3.05) is 5.73 Å². The van der Waals surface area contributed by atoms with Gasteiger partial charge in [-0.25, -0.2) is 0 Å². The summed E-state index contributed by atoms with van der Waals surface area (Å²) in [6.45, 7) is 2.13. The van der Waals surface area contributed by atoms with E-state index in [9.17, 15) is 0 Å². The van der Waals surface area contributed by atoms with Gasteiger partial charge in [0.25, 0.3) is 0 Å². The lowest BCUT2D eigenvalue weighted by Crippen LogP contribution is -1.82. The summed E-state index contributed by atoms with van der Waals surface area (Å²) in [5.41, 5.74) is 7.93. The molecule has 1 heterocycles. The molecule has 0 amide bonds. The van der Waals surface area contributed by atoms with E-state index in [2.05, 4.69) is 29.3 Å². The van der Waals surface area contributed by atoms with Gasteiger partial charge in [0.15, 0.2) is 0 Å². The van der Waals surface area contributed by atoms with Crippen LogP contribution in [-0.2, 0) is 6.42 Å². The molecule has 14 heavy (non-hydrogen) atoms. The molecular weight excluding hydrogens is 194 g/mol. The van der Waals surface area contributed by atoms with Crippen molar-refractivity contribution in [1.82, 2.24) is 10.2 Å². The average Bonchev–Trinajstić information content (AvgIpc) is 2.65. The fraction of sp³-hybridized carbons (Fsp3) is 0.200. The van der Waals surface area contributed by atoms with Crippen LogP contribution in [-0.4, -0.2) is 10.2 Å². The third-order valence-electron chi connectivity index (χ3n) is 2.02. The lowest BCUT2D eigenvalue weighted by molar-refractivity contribution is 1.10. The third kappa shape index (κ3) is 1.75. The van der Waals surface area contributed by atoms with Crippen molar-refractivity contribution >= 4 is 16.5 Å². The van der Waals surface area contributed by atoms with E-state index < -0.39 is 0 Å². The van der Waals surface area contributed by atoms with Gasteiger partial charge in [-0.2, -0.15) is 0 Å². The molecule has 0 aliphatic rings.